The number of methoxy groups -OCH3 is 1. The van der Waals surface area contributed by atoms with E-state index in [4.69, 9.17) is 5.26 Å². The smallest absolute Gasteiger partial charge is 0.337 e. The summed E-state index contributed by atoms with van der Waals surface area (Å²) in [5.74, 6) is -1.31. The lowest BCUT2D eigenvalue weighted by atomic mass is 10.1. The molecule has 2 N–H and O–H groups in total. The largest absolute Gasteiger partial charge is 0.465 e. The van der Waals surface area contributed by atoms with E-state index in [-0.39, 0.29) is 11.1 Å². The fraction of sp³-hybridized carbons (Fsp3) is 0.0435. The highest BCUT2D eigenvalue weighted by atomic mass is 16.5. The van der Waals surface area contributed by atoms with Gasteiger partial charge in [0.2, 0.25) is 0 Å². The predicted molar refractivity (Wildman–Crippen MR) is 111 cm³/mol. The second kappa shape index (κ2) is 9.17. The third-order valence-corrected chi connectivity index (χ3v) is 4.25. The molecule has 0 saturated carbocycles. The maximum atomic E-state index is 12.5. The quantitative estimate of drug-likeness (QED) is 0.634. The van der Waals surface area contributed by atoms with Crippen molar-refractivity contribution in [2.75, 3.05) is 17.7 Å². The second-order valence-corrected chi connectivity index (χ2v) is 6.22. The number of anilines is 2. The van der Waals surface area contributed by atoms with Crippen LogP contribution in [-0.2, 0) is 4.74 Å². The molecule has 0 saturated heterocycles. The fourth-order valence-electron chi connectivity index (χ4n) is 2.70. The van der Waals surface area contributed by atoms with Crippen molar-refractivity contribution in [3.05, 3.63) is 95.1 Å². The SMILES string of the molecule is COC(=O)c1ccc(NC(=O)c2cccc(C(=O)Nc3ccccc3C#N)c2)cc1. The summed E-state index contributed by atoms with van der Waals surface area (Å²) < 4.78 is 4.64. The highest BCUT2D eigenvalue weighted by Crippen LogP contribution is 2.17. The summed E-state index contributed by atoms with van der Waals surface area (Å²) >= 11 is 0. The van der Waals surface area contributed by atoms with E-state index in [1.165, 1.54) is 25.3 Å². The topological polar surface area (TPSA) is 108 Å². The van der Waals surface area contributed by atoms with Crippen molar-refractivity contribution < 1.29 is 19.1 Å². The standard InChI is InChI=1S/C23H17N3O4/c1-30-23(29)15-9-11-19(12-10-15)25-21(27)16-6-4-7-17(13-16)22(28)26-20-8-3-2-5-18(20)14-24/h2-13H,1H3,(H,25,27)(H,26,28). The molecule has 0 spiro atoms. The molecule has 0 fully saturated rings. The van der Waals surface area contributed by atoms with Crippen LogP contribution >= 0.6 is 0 Å². The molecule has 148 valence electrons. The van der Waals surface area contributed by atoms with Gasteiger partial charge in [0.15, 0.2) is 0 Å². The average molecular weight is 399 g/mol. The molecule has 2 amide bonds. The number of carbonyl (C=O) groups is 3. The average Bonchev–Trinajstić information content (AvgIpc) is 2.79. The van der Waals surface area contributed by atoms with Gasteiger partial charge in [-0.15, -0.1) is 0 Å². The number of rotatable bonds is 5. The highest BCUT2D eigenvalue weighted by molar-refractivity contribution is 6.09. The summed E-state index contributed by atoms with van der Waals surface area (Å²) in [7, 11) is 1.29. The van der Waals surface area contributed by atoms with Gasteiger partial charge in [-0.3, -0.25) is 9.59 Å². The van der Waals surface area contributed by atoms with Crippen molar-refractivity contribution >= 4 is 29.2 Å². The number of hydrogen-bond acceptors (Lipinski definition) is 5. The number of hydrogen-bond donors (Lipinski definition) is 2. The van der Waals surface area contributed by atoms with Crippen LogP contribution in [0.3, 0.4) is 0 Å². The predicted octanol–water partition coefficient (Wildman–Crippen LogP) is 3.85. The maximum absolute atomic E-state index is 12.5. The molecule has 0 radical (unpaired) electrons. The first kappa shape index (κ1) is 20.3. The van der Waals surface area contributed by atoms with Gasteiger partial charge in [0.25, 0.3) is 11.8 Å². The monoisotopic (exact) mass is 399 g/mol. The Hall–Kier alpha value is -4.44. The summed E-state index contributed by atoms with van der Waals surface area (Å²) in [6, 6.07) is 21.1. The van der Waals surface area contributed by atoms with E-state index in [9.17, 15) is 14.4 Å². The van der Waals surface area contributed by atoms with E-state index in [1.807, 2.05) is 6.07 Å². The Morgan fingerprint density at radius 2 is 1.43 bits per heavy atom. The molecule has 30 heavy (non-hydrogen) atoms. The van der Waals surface area contributed by atoms with Crippen LogP contribution in [0.15, 0.2) is 72.8 Å². The summed E-state index contributed by atoms with van der Waals surface area (Å²) in [6.07, 6.45) is 0. The first-order chi connectivity index (χ1) is 14.5. The van der Waals surface area contributed by atoms with Gasteiger partial charge in [-0.05, 0) is 54.6 Å². The van der Waals surface area contributed by atoms with E-state index in [0.717, 1.165) is 0 Å². The number of nitrogens with one attached hydrogen (secondary N) is 2. The number of carbonyl (C=O) groups excluding carboxylic acids is 3. The van der Waals surface area contributed by atoms with E-state index in [1.54, 1.807) is 54.6 Å². The molecule has 0 bridgehead atoms. The number of nitriles is 1. The maximum Gasteiger partial charge on any atom is 0.337 e. The Labute approximate surface area is 172 Å². The summed E-state index contributed by atoms with van der Waals surface area (Å²) in [6.45, 7) is 0. The zero-order chi connectivity index (χ0) is 21.5. The Kier molecular flexibility index (Phi) is 6.20. The van der Waals surface area contributed by atoms with E-state index in [2.05, 4.69) is 15.4 Å². The van der Waals surface area contributed by atoms with Gasteiger partial charge in [0, 0.05) is 16.8 Å². The molecule has 0 aliphatic rings. The Morgan fingerprint density at radius 1 is 0.800 bits per heavy atom. The molecule has 3 aromatic carbocycles. The number of esters is 1. The molecule has 0 atom stereocenters. The molecule has 7 nitrogen and oxygen atoms in total. The molecule has 3 aromatic rings. The number of benzene rings is 3. The van der Waals surface area contributed by atoms with E-state index >= 15 is 0 Å². The van der Waals surface area contributed by atoms with E-state index in [0.29, 0.717) is 22.5 Å². The highest BCUT2D eigenvalue weighted by Gasteiger charge is 2.13. The molecule has 0 aliphatic heterocycles. The second-order valence-electron chi connectivity index (χ2n) is 6.22. The minimum absolute atomic E-state index is 0.274. The van der Waals surface area contributed by atoms with Gasteiger partial charge in [0.1, 0.15) is 6.07 Å². The van der Waals surface area contributed by atoms with Crippen LogP contribution in [0.2, 0.25) is 0 Å². The lowest BCUT2D eigenvalue weighted by Crippen LogP contribution is -2.16. The molecule has 0 aromatic heterocycles. The van der Waals surface area contributed by atoms with Crippen molar-refractivity contribution in [1.29, 1.82) is 5.26 Å². The van der Waals surface area contributed by atoms with Crippen LogP contribution in [0.5, 0.6) is 0 Å². The first-order valence-corrected chi connectivity index (χ1v) is 8.92. The normalized spacial score (nSPS) is 9.87. The van der Waals surface area contributed by atoms with Crippen molar-refractivity contribution in [3.8, 4) is 6.07 Å². The fourth-order valence-corrected chi connectivity index (χ4v) is 2.70. The van der Waals surface area contributed by atoms with Crippen molar-refractivity contribution in [3.63, 3.8) is 0 Å². The third-order valence-electron chi connectivity index (χ3n) is 4.25. The van der Waals surface area contributed by atoms with Crippen LogP contribution in [-0.4, -0.2) is 24.9 Å². The zero-order valence-electron chi connectivity index (χ0n) is 16.0. The number of para-hydroxylation sites is 1. The minimum Gasteiger partial charge on any atom is -0.465 e. The van der Waals surface area contributed by atoms with Crippen LogP contribution < -0.4 is 10.6 Å². The summed E-state index contributed by atoms with van der Waals surface area (Å²) in [4.78, 5) is 36.6. The Morgan fingerprint density at radius 3 is 2.07 bits per heavy atom. The number of ether oxygens (including phenoxy) is 1. The molecule has 7 heteroatoms. The van der Waals surface area contributed by atoms with Crippen molar-refractivity contribution in [2.24, 2.45) is 0 Å². The van der Waals surface area contributed by atoms with Gasteiger partial charge in [-0.25, -0.2) is 4.79 Å². The van der Waals surface area contributed by atoms with Gasteiger partial charge in [-0.1, -0.05) is 18.2 Å². The number of nitrogens with zero attached hydrogens (tertiary/aromatic N) is 1. The summed E-state index contributed by atoms with van der Waals surface area (Å²) in [5, 5.41) is 14.5. The lowest BCUT2D eigenvalue weighted by molar-refractivity contribution is 0.0600. The molecule has 0 unspecified atom stereocenters. The van der Waals surface area contributed by atoms with Gasteiger partial charge >= 0.3 is 5.97 Å². The van der Waals surface area contributed by atoms with E-state index < -0.39 is 17.8 Å². The van der Waals surface area contributed by atoms with Crippen molar-refractivity contribution in [2.45, 2.75) is 0 Å². The van der Waals surface area contributed by atoms with Gasteiger partial charge < -0.3 is 15.4 Å². The van der Waals surface area contributed by atoms with Crippen LogP contribution in [0.25, 0.3) is 0 Å². The Balaban J connectivity index is 1.73. The van der Waals surface area contributed by atoms with Gasteiger partial charge in [-0.2, -0.15) is 5.26 Å². The van der Waals surface area contributed by atoms with Crippen LogP contribution in [0.1, 0.15) is 36.6 Å². The van der Waals surface area contributed by atoms with Gasteiger partial charge in [0.05, 0.1) is 23.9 Å². The minimum atomic E-state index is -0.468. The zero-order valence-corrected chi connectivity index (χ0v) is 16.0. The van der Waals surface area contributed by atoms with Crippen LogP contribution in [0, 0.1) is 11.3 Å². The molecular formula is C23H17N3O4. The third kappa shape index (κ3) is 4.69. The molecule has 0 aliphatic carbocycles. The van der Waals surface area contributed by atoms with Crippen molar-refractivity contribution in [1.82, 2.24) is 0 Å². The molecule has 0 heterocycles. The Bertz CT molecular complexity index is 1150. The molecule has 3 rings (SSSR count). The summed E-state index contributed by atoms with van der Waals surface area (Å²) in [5.41, 5.74) is 2.16. The number of amides is 2. The molecular weight excluding hydrogens is 382 g/mol. The lowest BCUT2D eigenvalue weighted by Gasteiger charge is -2.09. The first-order valence-electron chi connectivity index (χ1n) is 8.92. The van der Waals surface area contributed by atoms with Crippen LogP contribution in [0.4, 0.5) is 11.4 Å².